The van der Waals surface area contributed by atoms with Crippen LogP contribution in [0.4, 0.5) is 0 Å². The number of hydrogen-bond donors (Lipinski definition) is 3. The van der Waals surface area contributed by atoms with Crippen molar-refractivity contribution in [2.45, 2.75) is 39.2 Å². The number of aliphatic hydroxyl groups is 1. The highest BCUT2D eigenvalue weighted by Crippen LogP contribution is 2.15. The first-order chi connectivity index (χ1) is 13.0. The fourth-order valence-corrected chi connectivity index (χ4v) is 3.32. The van der Waals surface area contributed by atoms with Crippen LogP contribution in [0.2, 0.25) is 0 Å². The fourth-order valence-electron chi connectivity index (χ4n) is 3.32. The first-order valence-electron chi connectivity index (χ1n) is 9.00. The number of aryl methyl sites for hydroxylation is 2. The van der Waals surface area contributed by atoms with Crippen molar-refractivity contribution in [2.24, 2.45) is 0 Å². The number of aromatic amines is 1. The number of aliphatic hydroxyl groups excluding tert-OH is 1. The molecule has 0 radical (unpaired) electrons. The number of hydrogen-bond acceptors (Lipinski definition) is 4. The van der Waals surface area contributed by atoms with Gasteiger partial charge in [0.15, 0.2) is 5.65 Å². The number of fused-ring (bicyclic) bond motifs is 1. The molecule has 27 heavy (non-hydrogen) atoms. The summed E-state index contributed by atoms with van der Waals surface area (Å²) in [6.45, 7) is 3.66. The molecule has 0 bridgehead atoms. The lowest BCUT2D eigenvalue weighted by molar-refractivity contribution is -0.122. The molecule has 3 N–H and O–H groups in total. The van der Waals surface area contributed by atoms with Gasteiger partial charge in [-0.15, -0.1) is 0 Å². The van der Waals surface area contributed by atoms with Crippen LogP contribution in [0.1, 0.15) is 28.9 Å². The average Bonchev–Trinajstić information content (AvgIpc) is 3.02. The molecule has 142 valence electrons. The molecule has 7 nitrogen and oxygen atoms in total. The van der Waals surface area contributed by atoms with Crippen molar-refractivity contribution in [1.29, 1.82) is 0 Å². The molecule has 2 heterocycles. The molecule has 0 unspecified atom stereocenters. The van der Waals surface area contributed by atoms with E-state index in [1.54, 1.807) is 4.52 Å². The number of H-pyrrole nitrogens is 1. The Balaban J connectivity index is 1.64. The highest BCUT2D eigenvalue weighted by atomic mass is 16.3. The van der Waals surface area contributed by atoms with E-state index in [0.717, 1.165) is 22.5 Å². The topological polar surface area (TPSA) is 99.5 Å². The Morgan fingerprint density at radius 3 is 2.74 bits per heavy atom. The van der Waals surface area contributed by atoms with E-state index in [1.807, 2.05) is 44.2 Å². The van der Waals surface area contributed by atoms with E-state index in [4.69, 9.17) is 0 Å². The number of benzene rings is 1. The van der Waals surface area contributed by atoms with Crippen LogP contribution in [0.15, 0.2) is 41.2 Å². The van der Waals surface area contributed by atoms with Crippen molar-refractivity contribution in [3.05, 3.63) is 69.3 Å². The number of aromatic nitrogens is 3. The number of rotatable bonds is 7. The molecule has 0 spiro atoms. The van der Waals surface area contributed by atoms with Gasteiger partial charge in [0.2, 0.25) is 5.91 Å². The van der Waals surface area contributed by atoms with Gasteiger partial charge in [-0.25, -0.2) is 9.50 Å². The predicted octanol–water partition coefficient (Wildman–Crippen LogP) is 1.29. The molecular weight excluding hydrogens is 344 g/mol. The van der Waals surface area contributed by atoms with E-state index in [0.29, 0.717) is 18.5 Å². The van der Waals surface area contributed by atoms with E-state index in [-0.39, 0.29) is 30.5 Å². The monoisotopic (exact) mass is 368 g/mol. The summed E-state index contributed by atoms with van der Waals surface area (Å²) in [6, 6.07) is 10.9. The molecule has 0 aliphatic carbocycles. The van der Waals surface area contributed by atoms with E-state index in [9.17, 15) is 14.7 Å². The number of carbonyl (C=O) groups is 1. The van der Waals surface area contributed by atoms with Crippen molar-refractivity contribution in [1.82, 2.24) is 19.9 Å². The third-order valence-electron chi connectivity index (χ3n) is 4.71. The minimum Gasteiger partial charge on any atom is -0.394 e. The summed E-state index contributed by atoms with van der Waals surface area (Å²) in [7, 11) is 0. The summed E-state index contributed by atoms with van der Waals surface area (Å²) in [5, 5.41) is 15.2. The molecule has 1 aromatic carbocycles. The third-order valence-corrected chi connectivity index (χ3v) is 4.71. The quantitative estimate of drug-likeness (QED) is 0.585. The van der Waals surface area contributed by atoms with Crippen LogP contribution in [-0.2, 0) is 17.6 Å². The lowest BCUT2D eigenvalue weighted by Gasteiger charge is -2.17. The van der Waals surface area contributed by atoms with Crippen LogP contribution < -0.4 is 10.9 Å². The largest absolute Gasteiger partial charge is 0.394 e. The van der Waals surface area contributed by atoms with Gasteiger partial charge in [0.05, 0.1) is 12.6 Å². The summed E-state index contributed by atoms with van der Waals surface area (Å²) in [6.07, 6.45) is 1.38. The molecule has 3 aromatic rings. The normalized spacial score (nSPS) is 12.3. The van der Waals surface area contributed by atoms with Crippen LogP contribution in [0.5, 0.6) is 0 Å². The van der Waals surface area contributed by atoms with E-state index in [1.165, 1.54) is 6.07 Å². The fraction of sp³-hybridized carbons (Fsp3) is 0.350. The van der Waals surface area contributed by atoms with Crippen LogP contribution in [0.25, 0.3) is 5.65 Å². The van der Waals surface area contributed by atoms with Gasteiger partial charge < -0.3 is 10.4 Å². The van der Waals surface area contributed by atoms with Gasteiger partial charge in [-0.3, -0.25) is 14.7 Å². The summed E-state index contributed by atoms with van der Waals surface area (Å²) in [4.78, 5) is 28.3. The zero-order valence-electron chi connectivity index (χ0n) is 15.5. The summed E-state index contributed by atoms with van der Waals surface area (Å²) < 4.78 is 1.65. The smallest absolute Gasteiger partial charge is 0.266 e. The standard InChI is InChI=1S/C20H24N4O3/c1-13-17(14(2)24-18(21-13)11-20(27)23-24)8-9-19(26)22-16(12-25)10-15-6-4-3-5-7-15/h3-7,11,16,25H,8-10,12H2,1-2H3,(H,22,26)(H,23,27)/t16-/m1/s1. The maximum atomic E-state index is 12.4. The average molecular weight is 368 g/mol. The lowest BCUT2D eigenvalue weighted by atomic mass is 10.0. The summed E-state index contributed by atoms with van der Waals surface area (Å²) >= 11 is 0. The van der Waals surface area contributed by atoms with Gasteiger partial charge in [-0.05, 0) is 37.8 Å². The zero-order valence-corrected chi connectivity index (χ0v) is 15.5. The minimum atomic E-state index is -0.316. The third kappa shape index (κ3) is 4.43. The summed E-state index contributed by atoms with van der Waals surface area (Å²) in [5.74, 6) is -0.120. The van der Waals surface area contributed by atoms with Gasteiger partial charge in [-0.1, -0.05) is 30.3 Å². The Kier molecular flexibility index (Phi) is 5.71. The molecule has 2 aromatic heterocycles. The highest BCUT2D eigenvalue weighted by Gasteiger charge is 2.15. The number of carbonyl (C=O) groups excluding carboxylic acids is 1. The maximum absolute atomic E-state index is 12.4. The molecular formula is C20H24N4O3. The molecule has 0 saturated heterocycles. The Bertz CT molecular complexity index is 992. The minimum absolute atomic E-state index is 0.114. The van der Waals surface area contributed by atoms with E-state index >= 15 is 0 Å². The highest BCUT2D eigenvalue weighted by molar-refractivity contribution is 5.76. The summed E-state index contributed by atoms with van der Waals surface area (Å²) in [5.41, 5.74) is 4.05. The van der Waals surface area contributed by atoms with Crippen LogP contribution >= 0.6 is 0 Å². The van der Waals surface area contributed by atoms with Gasteiger partial charge >= 0.3 is 0 Å². The SMILES string of the molecule is Cc1nc2cc(=O)[nH]n2c(C)c1CCC(=O)N[C@@H](CO)Cc1ccccc1. The zero-order chi connectivity index (χ0) is 19.4. The van der Waals surface area contributed by atoms with Crippen LogP contribution in [0, 0.1) is 13.8 Å². The van der Waals surface area contributed by atoms with Crippen LogP contribution in [-0.4, -0.2) is 38.3 Å². The van der Waals surface area contributed by atoms with Crippen molar-refractivity contribution in [2.75, 3.05) is 6.61 Å². The second kappa shape index (κ2) is 8.18. The number of nitrogens with one attached hydrogen (secondary N) is 2. The van der Waals surface area contributed by atoms with Gasteiger partial charge in [-0.2, -0.15) is 0 Å². The Morgan fingerprint density at radius 1 is 1.30 bits per heavy atom. The number of nitrogens with zero attached hydrogens (tertiary/aromatic N) is 2. The first-order valence-corrected chi connectivity index (χ1v) is 9.00. The Morgan fingerprint density at radius 2 is 2.04 bits per heavy atom. The van der Waals surface area contributed by atoms with Crippen molar-refractivity contribution >= 4 is 11.6 Å². The molecule has 1 amide bonds. The van der Waals surface area contributed by atoms with Crippen LogP contribution in [0.3, 0.4) is 0 Å². The van der Waals surface area contributed by atoms with E-state index < -0.39 is 0 Å². The molecule has 1 atom stereocenters. The van der Waals surface area contributed by atoms with Crippen molar-refractivity contribution in [3.8, 4) is 0 Å². The second-order valence-corrected chi connectivity index (χ2v) is 6.71. The molecule has 0 aliphatic heterocycles. The Hall–Kier alpha value is -2.93. The number of amides is 1. The molecule has 3 rings (SSSR count). The molecule has 0 fully saturated rings. The first kappa shape index (κ1) is 18.8. The maximum Gasteiger partial charge on any atom is 0.266 e. The van der Waals surface area contributed by atoms with Gasteiger partial charge in [0, 0.05) is 23.9 Å². The lowest BCUT2D eigenvalue weighted by Crippen LogP contribution is -2.39. The van der Waals surface area contributed by atoms with Gasteiger partial charge in [0.1, 0.15) is 0 Å². The Labute approximate surface area is 157 Å². The molecule has 0 aliphatic rings. The van der Waals surface area contributed by atoms with Gasteiger partial charge in [0.25, 0.3) is 5.56 Å². The molecule has 7 heteroatoms. The van der Waals surface area contributed by atoms with Crippen molar-refractivity contribution < 1.29 is 9.90 Å². The van der Waals surface area contributed by atoms with E-state index in [2.05, 4.69) is 15.4 Å². The van der Waals surface area contributed by atoms with Crippen molar-refractivity contribution in [3.63, 3.8) is 0 Å². The second-order valence-electron chi connectivity index (χ2n) is 6.71. The molecule has 0 saturated carbocycles. The predicted molar refractivity (Wildman–Crippen MR) is 103 cm³/mol.